The van der Waals surface area contributed by atoms with Crippen LogP contribution in [0.3, 0.4) is 0 Å². The number of carbonyl (C=O) groups excluding carboxylic acids is 1. The Morgan fingerprint density at radius 3 is 2.72 bits per heavy atom. The number of nitrogens with zero attached hydrogens (tertiary/aromatic N) is 4. The van der Waals surface area contributed by atoms with Crippen LogP contribution in [0.4, 0.5) is 16.2 Å². The van der Waals surface area contributed by atoms with E-state index in [1.54, 1.807) is 37.5 Å². The van der Waals surface area contributed by atoms with Crippen LogP contribution >= 0.6 is 0 Å². The van der Waals surface area contributed by atoms with Gasteiger partial charge in [0, 0.05) is 18.9 Å². The fraction of sp³-hybridized carbons (Fsp3) is 0.312. The molecular formula is C16H20N6O3. The first-order valence-corrected chi connectivity index (χ1v) is 7.54. The number of anilines is 2. The number of amides is 2. The molecule has 0 aliphatic heterocycles. The van der Waals surface area contributed by atoms with E-state index in [9.17, 15) is 9.90 Å². The van der Waals surface area contributed by atoms with Gasteiger partial charge in [0.15, 0.2) is 0 Å². The van der Waals surface area contributed by atoms with Gasteiger partial charge in [-0.1, -0.05) is 0 Å². The van der Waals surface area contributed by atoms with Gasteiger partial charge in [0.25, 0.3) is 0 Å². The molecule has 0 spiro atoms. The van der Waals surface area contributed by atoms with Crippen LogP contribution in [0.15, 0.2) is 36.7 Å². The Bertz CT molecular complexity index is 737. The van der Waals surface area contributed by atoms with Crippen LogP contribution in [0.25, 0.3) is 0 Å². The molecule has 0 bridgehead atoms. The van der Waals surface area contributed by atoms with Gasteiger partial charge >= 0.3 is 6.03 Å². The number of likely N-dealkylation sites (N-methyl/N-ethyl adjacent to an activating group) is 1. The van der Waals surface area contributed by atoms with Gasteiger partial charge in [0.1, 0.15) is 0 Å². The average molecular weight is 344 g/mol. The van der Waals surface area contributed by atoms with Gasteiger partial charge in [-0.2, -0.15) is 15.4 Å². The Morgan fingerprint density at radius 1 is 1.40 bits per heavy atom. The van der Waals surface area contributed by atoms with Gasteiger partial charge in [-0.05, 0) is 24.3 Å². The number of hydroxylamine groups is 2. The van der Waals surface area contributed by atoms with Crippen molar-refractivity contribution in [3.05, 3.63) is 42.2 Å². The molecule has 0 saturated carbocycles. The molecule has 1 heterocycles. The number of carbonyl (C=O) groups is 1. The van der Waals surface area contributed by atoms with Gasteiger partial charge in [-0.15, -0.1) is 0 Å². The quantitative estimate of drug-likeness (QED) is 0.651. The SMILES string of the molecule is CON(C)C[C@H](O)Cn1cc(NC(=O)Nc2ccc(C#N)cc2)cn1. The number of nitriles is 1. The average Bonchev–Trinajstić information content (AvgIpc) is 3.01. The monoisotopic (exact) mass is 344 g/mol. The number of aromatic nitrogens is 2. The molecule has 0 unspecified atom stereocenters. The second kappa shape index (κ2) is 8.79. The van der Waals surface area contributed by atoms with Crippen LogP contribution in [0.1, 0.15) is 5.56 Å². The summed E-state index contributed by atoms with van der Waals surface area (Å²) >= 11 is 0. The topological polar surface area (TPSA) is 115 Å². The number of aliphatic hydroxyl groups is 1. The first kappa shape index (κ1) is 18.4. The Labute approximate surface area is 145 Å². The zero-order valence-electron chi connectivity index (χ0n) is 14.0. The third kappa shape index (κ3) is 5.89. The summed E-state index contributed by atoms with van der Waals surface area (Å²) in [7, 11) is 3.24. The van der Waals surface area contributed by atoms with Crippen molar-refractivity contribution in [2.24, 2.45) is 0 Å². The van der Waals surface area contributed by atoms with Crippen molar-refractivity contribution in [2.75, 3.05) is 31.3 Å². The van der Waals surface area contributed by atoms with Crippen molar-refractivity contribution >= 4 is 17.4 Å². The normalized spacial score (nSPS) is 11.8. The smallest absolute Gasteiger partial charge is 0.323 e. The molecule has 0 radical (unpaired) electrons. The van der Waals surface area contributed by atoms with Crippen LogP contribution in [-0.4, -0.2) is 52.8 Å². The summed E-state index contributed by atoms with van der Waals surface area (Å²) in [4.78, 5) is 16.9. The highest BCUT2D eigenvalue weighted by molar-refractivity contribution is 5.99. The molecule has 132 valence electrons. The molecule has 1 aromatic carbocycles. The number of rotatable bonds is 7. The molecule has 9 nitrogen and oxygen atoms in total. The van der Waals surface area contributed by atoms with Crippen molar-refractivity contribution in [3.8, 4) is 6.07 Å². The molecule has 0 saturated heterocycles. The van der Waals surface area contributed by atoms with E-state index in [4.69, 9.17) is 10.1 Å². The first-order valence-electron chi connectivity index (χ1n) is 7.54. The number of aliphatic hydroxyl groups excluding tert-OH is 1. The van der Waals surface area contributed by atoms with Crippen molar-refractivity contribution in [1.29, 1.82) is 5.26 Å². The predicted octanol–water partition coefficient (Wildman–Crippen LogP) is 1.25. The van der Waals surface area contributed by atoms with Crippen molar-refractivity contribution in [3.63, 3.8) is 0 Å². The fourth-order valence-corrected chi connectivity index (χ4v) is 2.09. The van der Waals surface area contributed by atoms with Crippen LogP contribution < -0.4 is 10.6 Å². The number of hydrogen-bond donors (Lipinski definition) is 3. The zero-order chi connectivity index (χ0) is 18.2. The largest absolute Gasteiger partial charge is 0.390 e. The standard InChI is InChI=1S/C16H20N6O3/c1-21(25-2)10-15(23)11-22-9-14(8-18-22)20-16(24)19-13-5-3-12(7-17)4-6-13/h3-6,8-9,15,23H,10-11H2,1-2H3,(H2,19,20,24)/t15-/m0/s1. The van der Waals surface area contributed by atoms with Crippen molar-refractivity contribution in [2.45, 2.75) is 12.6 Å². The van der Waals surface area contributed by atoms with E-state index in [1.807, 2.05) is 6.07 Å². The molecule has 25 heavy (non-hydrogen) atoms. The van der Waals surface area contributed by atoms with Crippen LogP contribution in [0.2, 0.25) is 0 Å². The van der Waals surface area contributed by atoms with E-state index in [0.29, 0.717) is 23.5 Å². The minimum Gasteiger partial charge on any atom is -0.390 e. The van der Waals surface area contributed by atoms with E-state index in [1.165, 1.54) is 23.1 Å². The summed E-state index contributed by atoms with van der Waals surface area (Å²) in [5, 5.41) is 29.6. The number of nitrogens with one attached hydrogen (secondary N) is 2. The molecule has 0 fully saturated rings. The van der Waals surface area contributed by atoms with Gasteiger partial charge in [0.2, 0.25) is 0 Å². The van der Waals surface area contributed by atoms with Gasteiger partial charge in [0.05, 0.1) is 49.8 Å². The van der Waals surface area contributed by atoms with E-state index < -0.39 is 12.1 Å². The van der Waals surface area contributed by atoms with Crippen molar-refractivity contribution < 1.29 is 14.7 Å². The Hall–Kier alpha value is -2.93. The molecule has 3 N–H and O–H groups in total. The molecule has 0 aliphatic carbocycles. The maximum atomic E-state index is 12.0. The number of urea groups is 1. The number of benzene rings is 1. The van der Waals surface area contributed by atoms with Gasteiger partial charge in [-0.3, -0.25) is 4.68 Å². The van der Waals surface area contributed by atoms with Crippen molar-refractivity contribution in [1.82, 2.24) is 14.8 Å². The Kier molecular flexibility index (Phi) is 6.47. The second-order valence-corrected chi connectivity index (χ2v) is 5.37. The van der Waals surface area contributed by atoms with Crippen LogP contribution in [0, 0.1) is 11.3 Å². The highest BCUT2D eigenvalue weighted by Crippen LogP contribution is 2.11. The third-order valence-electron chi connectivity index (χ3n) is 3.34. The third-order valence-corrected chi connectivity index (χ3v) is 3.34. The minimum atomic E-state index is -0.662. The molecule has 1 atom stereocenters. The highest BCUT2D eigenvalue weighted by Gasteiger charge is 2.11. The van der Waals surface area contributed by atoms with E-state index in [0.717, 1.165) is 0 Å². The summed E-state index contributed by atoms with van der Waals surface area (Å²) in [6.07, 6.45) is 2.45. The lowest BCUT2D eigenvalue weighted by atomic mass is 10.2. The Balaban J connectivity index is 1.85. The van der Waals surface area contributed by atoms with E-state index >= 15 is 0 Å². The van der Waals surface area contributed by atoms with E-state index in [-0.39, 0.29) is 6.54 Å². The molecule has 2 aromatic rings. The number of hydrogen-bond acceptors (Lipinski definition) is 6. The molecule has 2 amide bonds. The summed E-state index contributed by atoms with van der Waals surface area (Å²) in [6.45, 7) is 0.602. The molecule has 2 rings (SSSR count). The van der Waals surface area contributed by atoms with Crippen LogP contribution in [-0.2, 0) is 11.4 Å². The second-order valence-electron chi connectivity index (χ2n) is 5.37. The lowest BCUT2D eigenvalue weighted by molar-refractivity contribution is -0.129. The maximum absolute atomic E-state index is 12.0. The molecular weight excluding hydrogens is 324 g/mol. The highest BCUT2D eigenvalue weighted by atomic mass is 16.7. The lowest BCUT2D eigenvalue weighted by Crippen LogP contribution is -2.31. The predicted molar refractivity (Wildman–Crippen MR) is 91.7 cm³/mol. The fourth-order valence-electron chi connectivity index (χ4n) is 2.09. The lowest BCUT2D eigenvalue weighted by Gasteiger charge is -2.17. The zero-order valence-corrected chi connectivity index (χ0v) is 14.0. The van der Waals surface area contributed by atoms with Gasteiger partial charge in [-0.25, -0.2) is 4.79 Å². The maximum Gasteiger partial charge on any atom is 0.323 e. The van der Waals surface area contributed by atoms with Gasteiger partial charge < -0.3 is 20.6 Å². The minimum absolute atomic E-state index is 0.270. The Morgan fingerprint density at radius 2 is 2.08 bits per heavy atom. The molecule has 0 aliphatic rings. The van der Waals surface area contributed by atoms with E-state index in [2.05, 4.69) is 15.7 Å². The summed E-state index contributed by atoms with van der Waals surface area (Å²) in [5.74, 6) is 0. The summed E-state index contributed by atoms with van der Waals surface area (Å²) in [5.41, 5.74) is 1.59. The van der Waals surface area contributed by atoms with Crippen LogP contribution in [0.5, 0.6) is 0 Å². The summed E-state index contributed by atoms with van der Waals surface area (Å²) < 4.78 is 1.53. The summed E-state index contributed by atoms with van der Waals surface area (Å²) in [6, 6.07) is 8.10. The first-order chi connectivity index (χ1) is 12.0. The molecule has 9 heteroatoms. The molecule has 1 aromatic heterocycles.